The fourth-order valence-electron chi connectivity index (χ4n) is 16.5. The van der Waals surface area contributed by atoms with Crippen LogP contribution in [0.5, 0.6) is 0 Å². The lowest BCUT2D eigenvalue weighted by Gasteiger charge is -2.63. The summed E-state index contributed by atoms with van der Waals surface area (Å²) in [5, 5.41) is 58.9. The van der Waals surface area contributed by atoms with Crippen molar-refractivity contribution in [2.75, 3.05) is 6.61 Å². The second-order valence-corrected chi connectivity index (χ2v) is 20.8. The number of ketones is 1. The van der Waals surface area contributed by atoms with E-state index in [1.54, 1.807) is 28.4 Å². The largest absolute Gasteiger partial charge is 0.396 e. The molecule has 6 saturated carbocycles. The zero-order valence-corrected chi connectivity index (χ0v) is 32.6. The molecule has 13 unspecified atom stereocenters. The normalized spacial score (nSPS) is 49.4. The summed E-state index contributed by atoms with van der Waals surface area (Å²) in [4.78, 5) is 13.9. The predicted molar refractivity (Wildman–Crippen MR) is 202 cm³/mol. The smallest absolute Gasteiger partial charge is 0.159 e. The van der Waals surface area contributed by atoms with E-state index in [1.165, 1.54) is 57.8 Å². The van der Waals surface area contributed by atoms with Gasteiger partial charge in [-0.25, -0.2) is 0 Å². The fourth-order valence-corrected chi connectivity index (χ4v) is 16.5. The number of aliphatic hydroxyl groups excluding tert-OH is 3. The van der Waals surface area contributed by atoms with Crippen molar-refractivity contribution in [3.63, 3.8) is 0 Å². The minimum atomic E-state index is -1.15. The van der Waals surface area contributed by atoms with Crippen molar-refractivity contribution >= 4 is 5.78 Å². The molecule has 0 amide bonds. The highest BCUT2D eigenvalue weighted by Gasteiger charge is 2.70. The lowest BCUT2D eigenvalue weighted by Crippen LogP contribution is -2.63. The van der Waals surface area contributed by atoms with Crippen LogP contribution in [0.1, 0.15) is 150 Å². The van der Waals surface area contributed by atoms with Crippen LogP contribution in [0.3, 0.4) is 0 Å². The molecule has 9 aliphatic carbocycles. The van der Waals surface area contributed by atoms with E-state index in [9.17, 15) is 30.3 Å². The van der Waals surface area contributed by atoms with E-state index in [0.717, 1.165) is 37.7 Å². The molecule has 0 aromatic carbocycles. The SMILES string of the molecule is CC(C)C1=C2CCCC3(CCCC3)C2C2=C3C(CCC2)CC(C2CCC4(O)C5=CC(=O)C6CC(O)C(O)CC6(C)C5CCC24C)C(O)(CCCO)C13. The maximum atomic E-state index is 13.9. The van der Waals surface area contributed by atoms with Crippen molar-refractivity contribution in [2.45, 2.75) is 173 Å². The van der Waals surface area contributed by atoms with E-state index in [2.05, 4.69) is 27.7 Å². The van der Waals surface area contributed by atoms with Crippen molar-refractivity contribution in [1.29, 1.82) is 0 Å². The zero-order valence-electron chi connectivity index (χ0n) is 32.6. The maximum absolute atomic E-state index is 13.9. The molecule has 5 N–H and O–H groups in total. The molecule has 0 radical (unpaired) electrons. The van der Waals surface area contributed by atoms with Gasteiger partial charge in [0, 0.05) is 29.8 Å². The van der Waals surface area contributed by atoms with Gasteiger partial charge in [0.25, 0.3) is 0 Å². The second-order valence-electron chi connectivity index (χ2n) is 20.8. The van der Waals surface area contributed by atoms with Gasteiger partial charge in [0.15, 0.2) is 5.78 Å². The highest BCUT2D eigenvalue weighted by atomic mass is 16.3. The third-order valence-corrected chi connectivity index (χ3v) is 18.5. The summed E-state index contributed by atoms with van der Waals surface area (Å²) in [6.07, 6.45) is 18.7. The molecule has 6 fully saturated rings. The summed E-state index contributed by atoms with van der Waals surface area (Å²) < 4.78 is 0. The second kappa shape index (κ2) is 12.3. The van der Waals surface area contributed by atoms with Crippen LogP contribution < -0.4 is 0 Å². The molecule has 0 aliphatic heterocycles. The molecule has 6 nitrogen and oxygen atoms in total. The Labute approximate surface area is 312 Å². The van der Waals surface area contributed by atoms with Crippen molar-refractivity contribution in [3.8, 4) is 0 Å². The van der Waals surface area contributed by atoms with Crippen LogP contribution >= 0.6 is 0 Å². The molecule has 0 heterocycles. The molecule has 6 heteroatoms. The highest BCUT2D eigenvalue weighted by molar-refractivity contribution is 5.95. The highest BCUT2D eigenvalue weighted by Crippen LogP contribution is 2.73. The standard InChI is InChI=1S/C46H68O6/c1-26(2)38-28-12-8-17-44(15-5-6-16-44)40(28)29-11-7-10-27-22-32(45(51,18-9-21-47)41(38)39(27)29)31-14-20-46(52)33-23-35(48)34-24-36(49)37(50)25-42(34,3)30(33)13-19-43(31,46)4/h23,26-27,30-32,34,36-37,40-41,47,49-52H,5-22,24-25H2,1-4H3. The molecule has 9 aliphatic rings. The number of hydrogen-bond donors (Lipinski definition) is 5. The number of carbonyl (C=O) groups is 1. The number of allylic oxidation sites excluding steroid dienone is 3. The Morgan fingerprint density at radius 2 is 1.54 bits per heavy atom. The number of carbonyl (C=O) groups excluding carboxylic acids is 1. The van der Waals surface area contributed by atoms with Gasteiger partial charge in [-0.1, -0.05) is 62.8 Å². The van der Waals surface area contributed by atoms with Crippen molar-refractivity contribution < 1.29 is 30.3 Å². The average Bonchev–Trinajstić information content (AvgIpc) is 3.68. The monoisotopic (exact) mass is 717 g/mol. The van der Waals surface area contributed by atoms with Crippen LogP contribution in [0, 0.1) is 63.6 Å². The Morgan fingerprint density at radius 3 is 2.27 bits per heavy atom. The summed E-state index contributed by atoms with van der Waals surface area (Å²) in [5.41, 5.74) is 4.74. The lowest BCUT2D eigenvalue weighted by molar-refractivity contribution is -0.166. The summed E-state index contributed by atoms with van der Waals surface area (Å²) in [6, 6.07) is 0. The van der Waals surface area contributed by atoms with E-state index < -0.39 is 34.2 Å². The van der Waals surface area contributed by atoms with Crippen LogP contribution in [0.15, 0.2) is 33.9 Å². The third kappa shape index (κ3) is 4.69. The van der Waals surface area contributed by atoms with Crippen molar-refractivity contribution in [2.24, 2.45) is 63.6 Å². The van der Waals surface area contributed by atoms with Crippen LogP contribution in [-0.4, -0.2) is 61.3 Å². The van der Waals surface area contributed by atoms with Gasteiger partial charge in [-0.15, -0.1) is 0 Å². The summed E-state index contributed by atoms with van der Waals surface area (Å²) in [6.45, 7) is 9.25. The van der Waals surface area contributed by atoms with E-state index in [4.69, 9.17) is 0 Å². The molecule has 288 valence electrons. The molecule has 1 spiro atoms. The number of fused-ring (bicyclic) bond motifs is 8. The van der Waals surface area contributed by atoms with Gasteiger partial charge in [-0.05, 0) is 161 Å². The molecule has 0 bridgehead atoms. The summed E-state index contributed by atoms with van der Waals surface area (Å²) in [7, 11) is 0. The molecule has 9 rings (SSSR count). The molecule has 0 saturated heterocycles. The Bertz CT molecular complexity index is 1570. The van der Waals surface area contributed by atoms with Gasteiger partial charge in [-0.2, -0.15) is 0 Å². The first-order valence-electron chi connectivity index (χ1n) is 21.9. The van der Waals surface area contributed by atoms with Crippen LogP contribution in [0.2, 0.25) is 0 Å². The van der Waals surface area contributed by atoms with E-state index in [0.29, 0.717) is 48.9 Å². The molecule has 13 atom stereocenters. The number of aliphatic hydroxyl groups is 5. The Hall–Kier alpha value is -1.31. The first-order valence-corrected chi connectivity index (χ1v) is 21.9. The van der Waals surface area contributed by atoms with Crippen LogP contribution in [0.4, 0.5) is 0 Å². The molecule has 0 aromatic heterocycles. The van der Waals surface area contributed by atoms with Gasteiger partial charge in [0.05, 0.1) is 23.4 Å². The Kier molecular flexibility index (Phi) is 8.63. The van der Waals surface area contributed by atoms with Gasteiger partial charge in [0.1, 0.15) is 0 Å². The Morgan fingerprint density at radius 1 is 0.808 bits per heavy atom. The topological polar surface area (TPSA) is 118 Å². The van der Waals surface area contributed by atoms with Gasteiger partial charge < -0.3 is 25.5 Å². The molecular formula is C46H68O6. The van der Waals surface area contributed by atoms with Gasteiger partial charge >= 0.3 is 0 Å². The average molecular weight is 717 g/mol. The first kappa shape index (κ1) is 36.3. The van der Waals surface area contributed by atoms with Gasteiger partial charge in [0.2, 0.25) is 0 Å². The lowest BCUT2D eigenvalue weighted by atomic mass is 9.42. The predicted octanol–water partition coefficient (Wildman–Crippen LogP) is 7.75. The van der Waals surface area contributed by atoms with Crippen molar-refractivity contribution in [3.05, 3.63) is 33.9 Å². The fraction of sp³-hybridized carbons (Fsp3) is 0.848. The Balaban J connectivity index is 1.15. The minimum absolute atomic E-state index is 0.0000626. The minimum Gasteiger partial charge on any atom is -0.396 e. The number of hydrogen-bond acceptors (Lipinski definition) is 6. The summed E-state index contributed by atoms with van der Waals surface area (Å²) in [5.74, 6) is 1.12. The third-order valence-electron chi connectivity index (χ3n) is 18.5. The van der Waals surface area contributed by atoms with E-state index in [-0.39, 0.29) is 48.4 Å². The molecule has 0 aromatic rings. The van der Waals surface area contributed by atoms with Gasteiger partial charge in [-0.3, -0.25) is 4.79 Å². The quantitative estimate of drug-likeness (QED) is 0.186. The zero-order chi connectivity index (χ0) is 36.6. The van der Waals surface area contributed by atoms with E-state index in [1.807, 2.05) is 0 Å². The van der Waals surface area contributed by atoms with Crippen LogP contribution in [0.25, 0.3) is 0 Å². The first-order chi connectivity index (χ1) is 24.7. The summed E-state index contributed by atoms with van der Waals surface area (Å²) >= 11 is 0. The molecular weight excluding hydrogens is 649 g/mol. The number of rotatable bonds is 5. The van der Waals surface area contributed by atoms with E-state index >= 15 is 0 Å². The maximum Gasteiger partial charge on any atom is 0.159 e. The molecule has 52 heavy (non-hydrogen) atoms. The van der Waals surface area contributed by atoms with Crippen LogP contribution in [-0.2, 0) is 4.79 Å². The van der Waals surface area contributed by atoms with Crippen molar-refractivity contribution in [1.82, 2.24) is 0 Å².